The summed E-state index contributed by atoms with van der Waals surface area (Å²) in [4.78, 5) is 14.9. The van der Waals surface area contributed by atoms with Crippen LogP contribution in [0.3, 0.4) is 0 Å². The van der Waals surface area contributed by atoms with Crippen molar-refractivity contribution in [1.29, 1.82) is 0 Å². The Labute approximate surface area is 344 Å². The Balaban J connectivity index is 1.07. The van der Waals surface area contributed by atoms with Crippen LogP contribution in [0.15, 0.2) is 194 Å². The monoisotopic (exact) mass is 770 g/mol. The van der Waals surface area contributed by atoms with E-state index in [0.29, 0.717) is 17.5 Å². The standard InChI is InChI=1S/C54H38N4Si/c1-59(2)48-27-14-11-23-43(48)54(42-22-10-13-26-47(42)58-46-25-12-9-20-40(46)41-21-15-24-44(54)50(41)58)45-34-39(32-33-49(45)59)35-28-30-38(31-29-35)53-56-51(36-16-5-3-6-17-36)55-52(57-53)37-18-7-4-8-19-37/h3-34H,1-2H3. The third-order valence-electron chi connectivity index (χ3n) is 12.9. The van der Waals surface area contributed by atoms with Crippen LogP contribution < -0.4 is 10.4 Å². The lowest BCUT2D eigenvalue weighted by Crippen LogP contribution is -2.63. The molecule has 4 nitrogen and oxygen atoms in total. The minimum atomic E-state index is -2.14. The van der Waals surface area contributed by atoms with Crippen molar-refractivity contribution in [3.8, 4) is 51.0 Å². The van der Waals surface area contributed by atoms with E-state index in [1.807, 2.05) is 60.7 Å². The maximum atomic E-state index is 5.01. The molecule has 1 spiro atoms. The van der Waals surface area contributed by atoms with Crippen molar-refractivity contribution in [3.63, 3.8) is 0 Å². The van der Waals surface area contributed by atoms with E-state index in [4.69, 9.17) is 15.0 Å². The van der Waals surface area contributed by atoms with Gasteiger partial charge in [0, 0.05) is 27.5 Å². The molecule has 12 rings (SSSR count). The van der Waals surface area contributed by atoms with Gasteiger partial charge in [-0.3, -0.25) is 0 Å². The number of fused-ring (bicyclic) bond motifs is 11. The first kappa shape index (κ1) is 33.9. The average molecular weight is 771 g/mol. The Kier molecular flexibility index (Phi) is 7.26. The molecule has 1 atom stereocenters. The molecule has 0 saturated carbocycles. The summed E-state index contributed by atoms with van der Waals surface area (Å²) in [6.07, 6.45) is 0. The van der Waals surface area contributed by atoms with Crippen LogP contribution in [0.5, 0.6) is 0 Å². The molecular formula is C54H38N4Si. The van der Waals surface area contributed by atoms with Crippen molar-refractivity contribution < 1.29 is 0 Å². The maximum absolute atomic E-state index is 5.01. The zero-order valence-corrected chi connectivity index (χ0v) is 33.8. The van der Waals surface area contributed by atoms with Crippen LogP contribution in [0.25, 0.3) is 72.8 Å². The van der Waals surface area contributed by atoms with E-state index < -0.39 is 13.5 Å². The Bertz CT molecular complexity index is 3240. The second-order valence-corrected chi connectivity index (χ2v) is 20.7. The van der Waals surface area contributed by atoms with Gasteiger partial charge in [-0.05, 0) is 62.0 Å². The molecule has 2 aromatic heterocycles. The molecule has 59 heavy (non-hydrogen) atoms. The number of nitrogens with zero attached hydrogens (tertiary/aromatic N) is 4. The molecule has 0 N–H and O–H groups in total. The normalized spacial score (nSPS) is 15.8. The van der Waals surface area contributed by atoms with Crippen LogP contribution in [0.1, 0.15) is 22.3 Å². The summed E-state index contributed by atoms with van der Waals surface area (Å²) in [5.41, 5.74) is 14.0. The predicted molar refractivity (Wildman–Crippen MR) is 245 cm³/mol. The zero-order valence-electron chi connectivity index (χ0n) is 32.8. The van der Waals surface area contributed by atoms with Gasteiger partial charge in [-0.2, -0.15) is 0 Å². The van der Waals surface area contributed by atoms with Crippen molar-refractivity contribution in [2.75, 3.05) is 0 Å². The van der Waals surface area contributed by atoms with Crippen LogP contribution in [0.4, 0.5) is 0 Å². The van der Waals surface area contributed by atoms with Crippen molar-refractivity contribution >= 4 is 40.3 Å². The Hall–Kier alpha value is -7.21. The molecule has 0 bridgehead atoms. The van der Waals surface area contributed by atoms with Gasteiger partial charge in [0.1, 0.15) is 8.07 Å². The fourth-order valence-corrected chi connectivity index (χ4v) is 13.4. The summed E-state index contributed by atoms with van der Waals surface area (Å²) < 4.78 is 2.52. The van der Waals surface area contributed by atoms with E-state index >= 15 is 0 Å². The molecule has 0 aliphatic carbocycles. The summed E-state index contributed by atoms with van der Waals surface area (Å²) in [7, 11) is -2.14. The Morgan fingerprint density at radius 2 is 0.898 bits per heavy atom. The van der Waals surface area contributed by atoms with Gasteiger partial charge in [-0.1, -0.05) is 189 Å². The highest BCUT2D eigenvalue weighted by atomic mass is 28.3. The van der Waals surface area contributed by atoms with Gasteiger partial charge in [-0.15, -0.1) is 0 Å². The molecule has 0 amide bonds. The van der Waals surface area contributed by atoms with Gasteiger partial charge < -0.3 is 4.57 Å². The maximum Gasteiger partial charge on any atom is 0.164 e. The first-order valence-electron chi connectivity index (χ1n) is 20.4. The topological polar surface area (TPSA) is 43.6 Å². The molecule has 0 radical (unpaired) electrons. The van der Waals surface area contributed by atoms with E-state index in [2.05, 4.69) is 151 Å². The van der Waals surface area contributed by atoms with Crippen LogP contribution in [0, 0.1) is 0 Å². The summed E-state index contributed by atoms with van der Waals surface area (Å²) in [6.45, 7) is 5.06. The highest BCUT2D eigenvalue weighted by molar-refractivity contribution is 7.01. The molecule has 0 saturated heterocycles. The lowest BCUT2D eigenvalue weighted by atomic mass is 9.62. The largest absolute Gasteiger partial charge is 0.309 e. The summed E-state index contributed by atoms with van der Waals surface area (Å²) in [5, 5.41) is 5.57. The zero-order chi connectivity index (χ0) is 39.3. The molecule has 5 heteroatoms. The van der Waals surface area contributed by atoms with Crippen LogP contribution in [-0.4, -0.2) is 27.6 Å². The minimum absolute atomic E-state index is 0.516. The van der Waals surface area contributed by atoms with Gasteiger partial charge >= 0.3 is 0 Å². The quantitative estimate of drug-likeness (QED) is 0.167. The molecule has 4 heterocycles. The number of hydrogen-bond acceptors (Lipinski definition) is 3. The lowest BCUT2D eigenvalue weighted by Gasteiger charge is -2.49. The van der Waals surface area contributed by atoms with E-state index in [-0.39, 0.29) is 0 Å². The third-order valence-corrected chi connectivity index (χ3v) is 16.5. The van der Waals surface area contributed by atoms with E-state index in [1.54, 1.807) is 0 Å². The second-order valence-electron chi connectivity index (χ2n) is 16.4. The van der Waals surface area contributed by atoms with Gasteiger partial charge in [0.25, 0.3) is 0 Å². The smallest absolute Gasteiger partial charge is 0.164 e. The molecule has 2 aliphatic heterocycles. The van der Waals surface area contributed by atoms with Gasteiger partial charge in [-0.25, -0.2) is 15.0 Å². The van der Waals surface area contributed by atoms with Crippen LogP contribution >= 0.6 is 0 Å². The fourth-order valence-electron chi connectivity index (χ4n) is 10.3. The number of benzene rings is 8. The number of aromatic nitrogens is 4. The predicted octanol–water partition coefficient (Wildman–Crippen LogP) is 11.5. The molecule has 2 aliphatic rings. The SMILES string of the molecule is C[Si]1(C)c2ccccc2C2(c3ccccc3-n3c4ccccc4c4cccc2c43)c2cc(-c3ccc(-c4nc(-c5ccccc5)nc(-c5ccccc5)n4)cc3)ccc21. The molecule has 10 aromatic rings. The van der Waals surface area contributed by atoms with Crippen LogP contribution in [-0.2, 0) is 5.41 Å². The first-order valence-corrected chi connectivity index (χ1v) is 23.4. The second kappa shape index (κ2) is 12.6. The third kappa shape index (κ3) is 4.79. The first-order chi connectivity index (χ1) is 29.0. The van der Waals surface area contributed by atoms with Crippen molar-refractivity contribution in [3.05, 3.63) is 216 Å². The summed E-state index contributed by atoms with van der Waals surface area (Å²) >= 11 is 0. The van der Waals surface area contributed by atoms with Gasteiger partial charge in [0.05, 0.1) is 22.1 Å². The van der Waals surface area contributed by atoms with E-state index in [1.165, 1.54) is 65.7 Å². The summed E-state index contributed by atoms with van der Waals surface area (Å²) in [5.74, 6) is 1.97. The number of para-hydroxylation sites is 3. The Morgan fingerprint density at radius 1 is 0.390 bits per heavy atom. The lowest BCUT2D eigenvalue weighted by molar-refractivity contribution is 0.732. The number of hydrogen-bond donors (Lipinski definition) is 0. The molecule has 8 aromatic carbocycles. The molecule has 1 unspecified atom stereocenters. The van der Waals surface area contributed by atoms with E-state index in [9.17, 15) is 0 Å². The van der Waals surface area contributed by atoms with E-state index in [0.717, 1.165) is 22.3 Å². The average Bonchev–Trinajstić information content (AvgIpc) is 3.65. The Morgan fingerprint density at radius 3 is 1.61 bits per heavy atom. The van der Waals surface area contributed by atoms with Gasteiger partial charge in [0.2, 0.25) is 0 Å². The van der Waals surface area contributed by atoms with Crippen LogP contribution in [0.2, 0.25) is 13.1 Å². The van der Waals surface area contributed by atoms with Gasteiger partial charge in [0.15, 0.2) is 17.5 Å². The highest BCUT2D eigenvalue weighted by Crippen LogP contribution is 2.55. The van der Waals surface area contributed by atoms with Crippen molar-refractivity contribution in [1.82, 2.24) is 19.5 Å². The van der Waals surface area contributed by atoms with Crippen molar-refractivity contribution in [2.24, 2.45) is 0 Å². The number of rotatable bonds is 4. The summed E-state index contributed by atoms with van der Waals surface area (Å²) in [6, 6.07) is 70.7. The molecular weight excluding hydrogens is 733 g/mol. The molecule has 0 fully saturated rings. The molecule has 278 valence electrons. The fraction of sp³-hybridized carbons (Fsp3) is 0.0556. The highest BCUT2D eigenvalue weighted by Gasteiger charge is 2.53. The van der Waals surface area contributed by atoms with Crippen molar-refractivity contribution in [2.45, 2.75) is 18.5 Å². The minimum Gasteiger partial charge on any atom is -0.309 e.